The molecule has 0 fully saturated rings. The predicted molar refractivity (Wildman–Crippen MR) is 60.4 cm³/mol. The Morgan fingerprint density at radius 3 is 2.76 bits per heavy atom. The predicted octanol–water partition coefficient (Wildman–Crippen LogP) is 1.48. The van der Waals surface area contributed by atoms with E-state index in [0.29, 0.717) is 11.3 Å². The Morgan fingerprint density at radius 1 is 1.47 bits per heavy atom. The summed E-state index contributed by atoms with van der Waals surface area (Å²) >= 11 is 0. The molecule has 0 aliphatic heterocycles. The van der Waals surface area contributed by atoms with E-state index in [1.807, 2.05) is 0 Å². The van der Waals surface area contributed by atoms with Crippen LogP contribution in [0.4, 0.5) is 4.39 Å². The van der Waals surface area contributed by atoms with Crippen LogP contribution < -0.4 is 5.73 Å². The van der Waals surface area contributed by atoms with Gasteiger partial charge >= 0.3 is 0 Å². The van der Waals surface area contributed by atoms with E-state index >= 15 is 0 Å². The van der Waals surface area contributed by atoms with Crippen LogP contribution in [0.3, 0.4) is 0 Å². The van der Waals surface area contributed by atoms with E-state index < -0.39 is 11.9 Å². The fraction of sp³-hybridized carbons (Fsp3) is 0.167. The van der Waals surface area contributed by atoms with Crippen LogP contribution in [0.1, 0.15) is 22.9 Å². The SMILES string of the molecule is Cn1ccc(C(N)c2ccc(C#N)c(F)c2)n1. The molecule has 4 nitrogen and oxygen atoms in total. The molecule has 5 heteroatoms. The summed E-state index contributed by atoms with van der Waals surface area (Å²) in [6, 6.07) is 7.40. The van der Waals surface area contributed by atoms with Crippen LogP contribution >= 0.6 is 0 Å². The van der Waals surface area contributed by atoms with E-state index in [1.54, 1.807) is 36.1 Å². The van der Waals surface area contributed by atoms with Gasteiger partial charge in [-0.1, -0.05) is 6.07 Å². The number of nitrogens with two attached hydrogens (primary N) is 1. The summed E-state index contributed by atoms with van der Waals surface area (Å²) in [6.07, 6.45) is 1.77. The van der Waals surface area contributed by atoms with Crippen LogP contribution in [0.5, 0.6) is 0 Å². The minimum atomic E-state index is -0.559. The van der Waals surface area contributed by atoms with Gasteiger partial charge < -0.3 is 5.73 Å². The fourth-order valence-corrected chi connectivity index (χ4v) is 1.59. The average Bonchev–Trinajstić information content (AvgIpc) is 2.75. The summed E-state index contributed by atoms with van der Waals surface area (Å²) in [5.41, 5.74) is 7.24. The highest BCUT2D eigenvalue weighted by molar-refractivity contribution is 5.36. The Morgan fingerprint density at radius 2 is 2.24 bits per heavy atom. The topological polar surface area (TPSA) is 67.6 Å². The van der Waals surface area contributed by atoms with Crippen molar-refractivity contribution < 1.29 is 4.39 Å². The third-order valence-electron chi connectivity index (χ3n) is 2.53. The first-order chi connectivity index (χ1) is 8.11. The molecule has 0 saturated carbocycles. The van der Waals surface area contributed by atoms with Crippen molar-refractivity contribution in [3.05, 3.63) is 53.1 Å². The molecule has 1 heterocycles. The summed E-state index contributed by atoms with van der Waals surface area (Å²) in [6.45, 7) is 0. The molecular formula is C12H11FN4. The van der Waals surface area contributed by atoms with Gasteiger partial charge in [0.25, 0.3) is 0 Å². The first-order valence-corrected chi connectivity index (χ1v) is 5.06. The van der Waals surface area contributed by atoms with Gasteiger partial charge in [0.15, 0.2) is 0 Å². The van der Waals surface area contributed by atoms with Gasteiger partial charge in [0, 0.05) is 13.2 Å². The number of hydrogen-bond acceptors (Lipinski definition) is 3. The Bertz CT molecular complexity index is 582. The minimum absolute atomic E-state index is 0.0157. The summed E-state index contributed by atoms with van der Waals surface area (Å²) in [5.74, 6) is -0.559. The van der Waals surface area contributed by atoms with Crippen molar-refractivity contribution in [1.29, 1.82) is 5.26 Å². The molecule has 0 aliphatic carbocycles. The number of aryl methyl sites for hydroxylation is 1. The number of nitrogens with zero attached hydrogens (tertiary/aromatic N) is 3. The van der Waals surface area contributed by atoms with E-state index in [2.05, 4.69) is 5.10 Å². The lowest BCUT2D eigenvalue weighted by Gasteiger charge is -2.09. The quantitative estimate of drug-likeness (QED) is 0.849. The minimum Gasteiger partial charge on any atom is -0.319 e. The molecule has 0 aliphatic rings. The molecule has 1 atom stereocenters. The monoisotopic (exact) mass is 230 g/mol. The number of halogens is 1. The molecule has 86 valence electrons. The maximum atomic E-state index is 13.4. The van der Waals surface area contributed by atoms with Crippen molar-refractivity contribution in [3.63, 3.8) is 0 Å². The zero-order valence-corrected chi connectivity index (χ0v) is 9.26. The molecule has 2 rings (SSSR count). The number of rotatable bonds is 2. The first kappa shape index (κ1) is 11.3. The first-order valence-electron chi connectivity index (χ1n) is 5.06. The van der Waals surface area contributed by atoms with Gasteiger partial charge in [0.1, 0.15) is 11.9 Å². The van der Waals surface area contributed by atoms with Crippen molar-refractivity contribution in [2.75, 3.05) is 0 Å². The molecule has 2 N–H and O–H groups in total. The lowest BCUT2D eigenvalue weighted by atomic mass is 10.0. The van der Waals surface area contributed by atoms with E-state index in [-0.39, 0.29) is 5.56 Å². The molecule has 0 saturated heterocycles. The van der Waals surface area contributed by atoms with Crippen LogP contribution in [0.25, 0.3) is 0 Å². The lowest BCUT2D eigenvalue weighted by molar-refractivity contribution is 0.618. The maximum Gasteiger partial charge on any atom is 0.141 e. The summed E-state index contributed by atoms with van der Waals surface area (Å²) in [7, 11) is 1.79. The van der Waals surface area contributed by atoms with E-state index in [9.17, 15) is 4.39 Å². The zero-order chi connectivity index (χ0) is 12.4. The number of benzene rings is 1. The molecule has 2 aromatic rings. The fourth-order valence-electron chi connectivity index (χ4n) is 1.59. The third-order valence-corrected chi connectivity index (χ3v) is 2.53. The van der Waals surface area contributed by atoms with E-state index in [0.717, 1.165) is 0 Å². The lowest BCUT2D eigenvalue weighted by Crippen LogP contribution is -2.13. The van der Waals surface area contributed by atoms with Gasteiger partial charge in [-0.3, -0.25) is 4.68 Å². The van der Waals surface area contributed by atoms with Crippen LogP contribution in [-0.2, 0) is 7.05 Å². The Hall–Kier alpha value is -2.19. The van der Waals surface area contributed by atoms with Crippen LogP contribution in [0, 0.1) is 17.1 Å². The van der Waals surface area contributed by atoms with Crippen LogP contribution in [-0.4, -0.2) is 9.78 Å². The van der Waals surface area contributed by atoms with Crippen molar-refractivity contribution in [2.24, 2.45) is 12.8 Å². The van der Waals surface area contributed by atoms with Crippen molar-refractivity contribution in [1.82, 2.24) is 9.78 Å². The Labute approximate surface area is 98.1 Å². The van der Waals surface area contributed by atoms with Crippen molar-refractivity contribution in [2.45, 2.75) is 6.04 Å². The standard InChI is InChI=1S/C12H11FN4/c1-17-5-4-11(16-17)12(15)8-2-3-9(7-14)10(13)6-8/h2-6,12H,15H2,1H3. The zero-order valence-electron chi connectivity index (χ0n) is 9.26. The van der Waals surface area contributed by atoms with Crippen LogP contribution in [0.2, 0.25) is 0 Å². The van der Waals surface area contributed by atoms with E-state index in [1.165, 1.54) is 12.1 Å². The molecule has 1 unspecified atom stereocenters. The molecule has 17 heavy (non-hydrogen) atoms. The van der Waals surface area contributed by atoms with Crippen molar-refractivity contribution in [3.8, 4) is 6.07 Å². The summed E-state index contributed by atoms with van der Waals surface area (Å²) in [5, 5.41) is 12.8. The molecule has 0 radical (unpaired) electrons. The van der Waals surface area contributed by atoms with Gasteiger partial charge in [-0.05, 0) is 23.8 Å². The van der Waals surface area contributed by atoms with Gasteiger partial charge in [-0.15, -0.1) is 0 Å². The summed E-state index contributed by atoms with van der Waals surface area (Å²) in [4.78, 5) is 0. The molecule has 0 spiro atoms. The number of aromatic nitrogens is 2. The second-order valence-electron chi connectivity index (χ2n) is 3.74. The molecule has 1 aromatic carbocycles. The van der Waals surface area contributed by atoms with Gasteiger partial charge in [-0.25, -0.2) is 4.39 Å². The van der Waals surface area contributed by atoms with Gasteiger partial charge in [-0.2, -0.15) is 10.4 Å². The van der Waals surface area contributed by atoms with Crippen molar-refractivity contribution >= 4 is 0 Å². The number of nitriles is 1. The normalized spacial score (nSPS) is 12.1. The summed E-state index contributed by atoms with van der Waals surface area (Å²) < 4.78 is 15.1. The number of hydrogen-bond donors (Lipinski definition) is 1. The Balaban J connectivity index is 2.35. The second-order valence-corrected chi connectivity index (χ2v) is 3.74. The van der Waals surface area contributed by atoms with Gasteiger partial charge in [0.05, 0.1) is 17.3 Å². The van der Waals surface area contributed by atoms with Gasteiger partial charge in [0.2, 0.25) is 0 Å². The Kier molecular flexibility index (Phi) is 2.90. The van der Waals surface area contributed by atoms with Crippen LogP contribution in [0.15, 0.2) is 30.5 Å². The molecule has 0 amide bonds. The molecular weight excluding hydrogens is 219 g/mol. The third kappa shape index (κ3) is 2.17. The van der Waals surface area contributed by atoms with E-state index in [4.69, 9.17) is 11.0 Å². The highest BCUT2D eigenvalue weighted by atomic mass is 19.1. The second kappa shape index (κ2) is 4.36. The largest absolute Gasteiger partial charge is 0.319 e. The molecule has 0 bridgehead atoms. The molecule has 1 aromatic heterocycles. The average molecular weight is 230 g/mol. The highest BCUT2D eigenvalue weighted by Crippen LogP contribution is 2.20. The smallest absolute Gasteiger partial charge is 0.141 e. The highest BCUT2D eigenvalue weighted by Gasteiger charge is 2.13. The maximum absolute atomic E-state index is 13.4.